The third-order valence-electron chi connectivity index (χ3n) is 4.40. The molecule has 2 atom stereocenters. The average molecular weight is 394 g/mol. The van der Waals surface area contributed by atoms with Gasteiger partial charge in [0.25, 0.3) is 0 Å². The molecule has 0 aliphatic carbocycles. The molecular formula is C18H14Cl2FN3O2. The summed E-state index contributed by atoms with van der Waals surface area (Å²) in [6.07, 6.45) is 2.53. The zero-order valence-electron chi connectivity index (χ0n) is 13.5. The Morgan fingerprint density at radius 3 is 2.69 bits per heavy atom. The maximum Gasteiger partial charge on any atom is 0.149 e. The van der Waals surface area contributed by atoms with E-state index in [9.17, 15) is 4.39 Å². The summed E-state index contributed by atoms with van der Waals surface area (Å²) in [6.45, 7) is 0.381. The van der Waals surface area contributed by atoms with Crippen LogP contribution in [-0.2, 0) is 21.6 Å². The molecule has 26 heavy (non-hydrogen) atoms. The van der Waals surface area contributed by atoms with Crippen LogP contribution >= 0.6 is 23.2 Å². The highest BCUT2D eigenvalue weighted by molar-refractivity contribution is 6.35. The fourth-order valence-corrected chi connectivity index (χ4v) is 3.81. The molecule has 0 unspecified atom stereocenters. The topological polar surface area (TPSA) is 49.2 Å². The standard InChI is InChI=1S/C18H14Cl2FN3O2/c19-13-3-6-15(16(20)7-13)18(8-24-10-22-9-23-24)17(25-11-26-18)12-1-4-14(21)5-2-12/h1-7,9-10,17H,8,11H2/t17-,18-/m1/s1. The van der Waals surface area contributed by atoms with Crippen molar-refractivity contribution in [3.63, 3.8) is 0 Å². The predicted molar refractivity (Wildman–Crippen MR) is 94.3 cm³/mol. The van der Waals surface area contributed by atoms with Crippen molar-refractivity contribution in [2.45, 2.75) is 18.2 Å². The molecule has 0 radical (unpaired) electrons. The molecule has 134 valence electrons. The van der Waals surface area contributed by atoms with E-state index in [0.717, 1.165) is 5.56 Å². The van der Waals surface area contributed by atoms with Gasteiger partial charge in [0.05, 0.1) is 6.54 Å². The SMILES string of the molecule is Fc1ccc([C@H]2OCO[C@]2(Cn2cncn2)c2ccc(Cl)cc2Cl)cc1. The highest BCUT2D eigenvalue weighted by Gasteiger charge is 2.49. The molecule has 1 fully saturated rings. The van der Waals surface area contributed by atoms with Crippen molar-refractivity contribution < 1.29 is 13.9 Å². The van der Waals surface area contributed by atoms with E-state index in [1.54, 1.807) is 35.3 Å². The average Bonchev–Trinajstić information content (AvgIpc) is 3.26. The molecule has 1 aromatic heterocycles. The molecule has 0 bridgehead atoms. The van der Waals surface area contributed by atoms with Gasteiger partial charge >= 0.3 is 0 Å². The maximum absolute atomic E-state index is 13.4. The summed E-state index contributed by atoms with van der Waals surface area (Å²) in [6, 6.07) is 11.3. The van der Waals surface area contributed by atoms with Crippen molar-refractivity contribution in [1.29, 1.82) is 0 Å². The third kappa shape index (κ3) is 3.10. The Morgan fingerprint density at radius 1 is 1.19 bits per heavy atom. The summed E-state index contributed by atoms with van der Waals surface area (Å²) in [5, 5.41) is 5.15. The molecule has 2 heterocycles. The zero-order chi connectivity index (χ0) is 18.1. The molecule has 4 rings (SSSR count). The minimum absolute atomic E-state index is 0.0652. The van der Waals surface area contributed by atoms with E-state index in [-0.39, 0.29) is 12.6 Å². The van der Waals surface area contributed by atoms with E-state index in [1.165, 1.54) is 18.5 Å². The molecule has 1 saturated heterocycles. The van der Waals surface area contributed by atoms with Crippen LogP contribution in [0.4, 0.5) is 4.39 Å². The minimum Gasteiger partial charge on any atom is -0.344 e. The molecule has 0 spiro atoms. The van der Waals surface area contributed by atoms with Crippen LogP contribution in [-0.4, -0.2) is 21.6 Å². The Morgan fingerprint density at radius 2 is 2.00 bits per heavy atom. The van der Waals surface area contributed by atoms with Gasteiger partial charge < -0.3 is 9.47 Å². The van der Waals surface area contributed by atoms with Gasteiger partial charge in [0, 0.05) is 15.6 Å². The number of hydrogen-bond acceptors (Lipinski definition) is 4. The van der Waals surface area contributed by atoms with Gasteiger partial charge in [-0.15, -0.1) is 0 Å². The highest BCUT2D eigenvalue weighted by atomic mass is 35.5. The molecule has 0 amide bonds. The second kappa shape index (κ2) is 6.96. The molecule has 0 N–H and O–H groups in total. The highest BCUT2D eigenvalue weighted by Crippen LogP contribution is 2.49. The van der Waals surface area contributed by atoms with Gasteiger partial charge in [0.1, 0.15) is 37.0 Å². The lowest BCUT2D eigenvalue weighted by Crippen LogP contribution is -2.37. The fourth-order valence-electron chi connectivity index (χ4n) is 3.24. The Balaban J connectivity index is 1.85. The maximum atomic E-state index is 13.4. The van der Waals surface area contributed by atoms with Crippen molar-refractivity contribution in [3.05, 3.63) is 82.1 Å². The molecule has 1 aliphatic rings. The number of hydrogen-bond donors (Lipinski definition) is 0. The summed E-state index contributed by atoms with van der Waals surface area (Å²) in [7, 11) is 0. The summed E-state index contributed by atoms with van der Waals surface area (Å²) in [5.74, 6) is -0.320. The van der Waals surface area contributed by atoms with Gasteiger partial charge in [-0.3, -0.25) is 0 Å². The lowest BCUT2D eigenvalue weighted by atomic mass is 9.84. The fraction of sp³-hybridized carbons (Fsp3) is 0.222. The Bertz CT molecular complexity index is 905. The number of ether oxygens (including phenoxy) is 2. The molecule has 8 heteroatoms. The number of aromatic nitrogens is 3. The van der Waals surface area contributed by atoms with E-state index >= 15 is 0 Å². The molecule has 5 nitrogen and oxygen atoms in total. The van der Waals surface area contributed by atoms with E-state index in [0.29, 0.717) is 22.2 Å². The van der Waals surface area contributed by atoms with Gasteiger partial charge in [0.2, 0.25) is 0 Å². The van der Waals surface area contributed by atoms with Crippen LogP contribution in [0.3, 0.4) is 0 Å². The third-order valence-corrected chi connectivity index (χ3v) is 4.95. The molecule has 0 saturated carbocycles. The summed E-state index contributed by atoms with van der Waals surface area (Å²) >= 11 is 12.5. The second-order valence-corrected chi connectivity index (χ2v) is 6.81. The Kier molecular flexibility index (Phi) is 4.67. The van der Waals surface area contributed by atoms with Crippen molar-refractivity contribution >= 4 is 23.2 Å². The normalized spacial score (nSPS) is 22.7. The van der Waals surface area contributed by atoms with Crippen LogP contribution < -0.4 is 0 Å². The first-order chi connectivity index (χ1) is 12.6. The predicted octanol–water partition coefficient (Wildman–Crippen LogP) is 4.37. The van der Waals surface area contributed by atoms with Crippen LogP contribution in [0.1, 0.15) is 17.2 Å². The first kappa shape index (κ1) is 17.4. The van der Waals surface area contributed by atoms with Crippen LogP contribution in [0, 0.1) is 5.82 Å². The lowest BCUT2D eigenvalue weighted by molar-refractivity contribution is -0.0296. The summed E-state index contributed by atoms with van der Waals surface area (Å²) in [5.41, 5.74) is 0.522. The summed E-state index contributed by atoms with van der Waals surface area (Å²) < 4.78 is 27.0. The number of rotatable bonds is 4. The Hall–Kier alpha value is -1.99. The van der Waals surface area contributed by atoms with Gasteiger partial charge in [-0.1, -0.05) is 41.4 Å². The molecule has 2 aromatic carbocycles. The van der Waals surface area contributed by atoms with Crippen LogP contribution in [0.15, 0.2) is 55.1 Å². The van der Waals surface area contributed by atoms with Gasteiger partial charge in [0.15, 0.2) is 0 Å². The van der Waals surface area contributed by atoms with Gasteiger partial charge in [-0.05, 0) is 29.8 Å². The minimum atomic E-state index is -0.965. The molecule has 1 aliphatic heterocycles. The van der Waals surface area contributed by atoms with E-state index in [1.807, 2.05) is 6.07 Å². The lowest BCUT2D eigenvalue weighted by Gasteiger charge is -2.34. The Labute approximate surface area is 159 Å². The van der Waals surface area contributed by atoms with Crippen molar-refractivity contribution in [2.24, 2.45) is 0 Å². The first-order valence-corrected chi connectivity index (χ1v) is 8.63. The monoisotopic (exact) mass is 393 g/mol. The van der Waals surface area contributed by atoms with Crippen LogP contribution in [0.5, 0.6) is 0 Å². The molecular weight excluding hydrogens is 380 g/mol. The van der Waals surface area contributed by atoms with Gasteiger partial charge in [-0.2, -0.15) is 5.10 Å². The number of nitrogens with zero attached hydrogens (tertiary/aromatic N) is 3. The largest absolute Gasteiger partial charge is 0.344 e. The van der Waals surface area contributed by atoms with Crippen molar-refractivity contribution in [1.82, 2.24) is 14.8 Å². The first-order valence-electron chi connectivity index (χ1n) is 7.87. The number of halogens is 3. The van der Waals surface area contributed by atoms with E-state index < -0.39 is 11.7 Å². The quantitative estimate of drug-likeness (QED) is 0.660. The number of benzene rings is 2. The zero-order valence-corrected chi connectivity index (χ0v) is 15.0. The smallest absolute Gasteiger partial charge is 0.149 e. The van der Waals surface area contributed by atoms with Crippen LogP contribution in [0.2, 0.25) is 10.0 Å². The molecule has 3 aromatic rings. The van der Waals surface area contributed by atoms with E-state index in [4.69, 9.17) is 32.7 Å². The second-order valence-electron chi connectivity index (χ2n) is 5.97. The van der Waals surface area contributed by atoms with Gasteiger partial charge in [-0.25, -0.2) is 14.1 Å². The summed E-state index contributed by atoms with van der Waals surface area (Å²) in [4.78, 5) is 3.99. The van der Waals surface area contributed by atoms with E-state index in [2.05, 4.69) is 10.1 Å². The van der Waals surface area contributed by atoms with Crippen LogP contribution in [0.25, 0.3) is 0 Å². The van der Waals surface area contributed by atoms with Crippen molar-refractivity contribution in [2.75, 3.05) is 6.79 Å². The van der Waals surface area contributed by atoms with Crippen molar-refractivity contribution in [3.8, 4) is 0 Å².